The number of morpholine rings is 1. The van der Waals surface area contributed by atoms with Gasteiger partial charge in [-0.15, -0.1) is 0 Å². The molecule has 106 valence electrons. The van der Waals surface area contributed by atoms with Crippen LogP contribution in [0.4, 0.5) is 0 Å². The Morgan fingerprint density at radius 1 is 1.42 bits per heavy atom. The van der Waals surface area contributed by atoms with Crippen LogP contribution in [0.5, 0.6) is 0 Å². The summed E-state index contributed by atoms with van der Waals surface area (Å²) in [6, 6.07) is 3.26. The van der Waals surface area contributed by atoms with E-state index in [0.29, 0.717) is 44.4 Å². The van der Waals surface area contributed by atoms with E-state index in [4.69, 9.17) is 14.3 Å². The van der Waals surface area contributed by atoms with E-state index in [0.717, 1.165) is 0 Å². The smallest absolute Gasteiger partial charge is 0.239 e. The second-order valence-corrected chi connectivity index (χ2v) is 4.57. The van der Waals surface area contributed by atoms with Gasteiger partial charge >= 0.3 is 0 Å². The Kier molecular flexibility index (Phi) is 4.95. The molecular weight excluding hydrogens is 248 g/mol. The van der Waals surface area contributed by atoms with Gasteiger partial charge in [0.05, 0.1) is 25.8 Å². The summed E-state index contributed by atoms with van der Waals surface area (Å²) >= 11 is 0. The molecule has 1 atom stereocenters. The number of aliphatic hydroxyl groups excluding tert-OH is 1. The van der Waals surface area contributed by atoms with Gasteiger partial charge in [-0.25, -0.2) is 0 Å². The third kappa shape index (κ3) is 3.79. The van der Waals surface area contributed by atoms with E-state index < -0.39 is 0 Å². The van der Waals surface area contributed by atoms with E-state index in [1.54, 1.807) is 12.1 Å². The molecule has 1 aliphatic rings. The molecule has 1 aromatic rings. The molecular formula is C13H20N2O4. The number of ether oxygens (including phenoxy) is 1. The molecule has 1 unspecified atom stereocenters. The van der Waals surface area contributed by atoms with E-state index in [1.165, 1.54) is 0 Å². The molecule has 0 radical (unpaired) electrons. The Balaban J connectivity index is 1.79. The summed E-state index contributed by atoms with van der Waals surface area (Å²) in [5.41, 5.74) is 0. The summed E-state index contributed by atoms with van der Waals surface area (Å²) in [6.07, 6.45) is 0. The van der Waals surface area contributed by atoms with Crippen LogP contribution in [0.15, 0.2) is 16.5 Å². The molecule has 19 heavy (non-hydrogen) atoms. The normalized spacial score (nSPS) is 17.5. The average molecular weight is 268 g/mol. The maximum atomic E-state index is 12.1. The first kappa shape index (κ1) is 14.0. The van der Waals surface area contributed by atoms with Crippen molar-refractivity contribution in [2.45, 2.75) is 26.1 Å². The van der Waals surface area contributed by atoms with Crippen LogP contribution in [0.25, 0.3) is 0 Å². The first-order valence-corrected chi connectivity index (χ1v) is 6.49. The zero-order valence-electron chi connectivity index (χ0n) is 11.1. The van der Waals surface area contributed by atoms with Crippen LogP contribution in [-0.4, -0.2) is 48.3 Å². The zero-order valence-corrected chi connectivity index (χ0v) is 11.1. The van der Waals surface area contributed by atoms with Gasteiger partial charge in [-0.05, 0) is 19.1 Å². The van der Waals surface area contributed by atoms with Gasteiger partial charge in [-0.3, -0.25) is 10.1 Å². The number of hydrogen-bond donors (Lipinski definition) is 2. The molecule has 1 aliphatic heterocycles. The molecule has 1 fully saturated rings. The van der Waals surface area contributed by atoms with Gasteiger partial charge in [0.25, 0.3) is 0 Å². The second-order valence-electron chi connectivity index (χ2n) is 4.57. The first-order valence-electron chi connectivity index (χ1n) is 6.49. The topological polar surface area (TPSA) is 74.9 Å². The molecule has 6 heteroatoms. The number of nitrogens with one attached hydrogen (secondary N) is 1. The van der Waals surface area contributed by atoms with Crippen LogP contribution in [-0.2, 0) is 22.7 Å². The highest BCUT2D eigenvalue weighted by Gasteiger charge is 2.22. The van der Waals surface area contributed by atoms with Crippen molar-refractivity contribution in [1.29, 1.82) is 0 Å². The van der Waals surface area contributed by atoms with Crippen LogP contribution < -0.4 is 5.32 Å². The molecule has 1 saturated heterocycles. The second kappa shape index (κ2) is 6.70. The summed E-state index contributed by atoms with van der Waals surface area (Å²) in [5.74, 6) is 1.33. The molecule has 0 aliphatic carbocycles. The standard InChI is InChI=1S/C13H20N2O4/c1-10(13(17)15-4-6-18-7-5-15)14-8-11-2-3-12(9-16)19-11/h2-3,10,14,16H,4-9H2,1H3. The fourth-order valence-corrected chi connectivity index (χ4v) is 2.00. The SMILES string of the molecule is CC(NCc1ccc(CO)o1)C(=O)N1CCOCC1. The molecule has 0 saturated carbocycles. The largest absolute Gasteiger partial charge is 0.462 e. The summed E-state index contributed by atoms with van der Waals surface area (Å²) in [7, 11) is 0. The number of furan rings is 1. The van der Waals surface area contributed by atoms with Crippen LogP contribution >= 0.6 is 0 Å². The molecule has 2 heterocycles. The van der Waals surface area contributed by atoms with Crippen molar-refractivity contribution in [1.82, 2.24) is 10.2 Å². The van der Waals surface area contributed by atoms with Crippen LogP contribution in [0.3, 0.4) is 0 Å². The molecule has 0 bridgehead atoms. The van der Waals surface area contributed by atoms with E-state index >= 15 is 0 Å². The maximum Gasteiger partial charge on any atom is 0.239 e. The lowest BCUT2D eigenvalue weighted by Gasteiger charge is -2.29. The van der Waals surface area contributed by atoms with Crippen molar-refractivity contribution in [3.05, 3.63) is 23.7 Å². The molecule has 1 aromatic heterocycles. The third-order valence-electron chi connectivity index (χ3n) is 3.15. The highest BCUT2D eigenvalue weighted by atomic mass is 16.5. The summed E-state index contributed by atoms with van der Waals surface area (Å²) in [4.78, 5) is 13.9. The van der Waals surface area contributed by atoms with Gasteiger partial charge in [-0.1, -0.05) is 0 Å². The number of hydrogen-bond acceptors (Lipinski definition) is 5. The molecule has 2 N–H and O–H groups in total. The number of carbonyl (C=O) groups is 1. The first-order chi connectivity index (χ1) is 9.20. The van der Waals surface area contributed by atoms with Gasteiger partial charge in [0.2, 0.25) is 5.91 Å². The van der Waals surface area contributed by atoms with Gasteiger partial charge in [0, 0.05) is 13.1 Å². The van der Waals surface area contributed by atoms with Crippen molar-refractivity contribution in [3.63, 3.8) is 0 Å². The van der Waals surface area contributed by atoms with E-state index in [-0.39, 0.29) is 18.6 Å². The van der Waals surface area contributed by atoms with Crippen LogP contribution in [0.2, 0.25) is 0 Å². The average Bonchev–Trinajstić information content (AvgIpc) is 2.93. The van der Waals surface area contributed by atoms with Crippen LogP contribution in [0.1, 0.15) is 18.4 Å². The van der Waals surface area contributed by atoms with Crippen LogP contribution in [0, 0.1) is 0 Å². The Morgan fingerprint density at radius 2 is 2.11 bits per heavy atom. The lowest BCUT2D eigenvalue weighted by Crippen LogP contribution is -2.49. The minimum Gasteiger partial charge on any atom is -0.462 e. The van der Waals surface area contributed by atoms with E-state index in [2.05, 4.69) is 5.32 Å². The minimum atomic E-state index is -0.263. The number of amides is 1. The number of carbonyl (C=O) groups excluding carboxylic acids is 1. The molecule has 1 amide bonds. The van der Waals surface area contributed by atoms with E-state index in [1.807, 2.05) is 11.8 Å². The highest BCUT2D eigenvalue weighted by Crippen LogP contribution is 2.08. The predicted octanol–water partition coefficient (Wildman–Crippen LogP) is 0.109. The monoisotopic (exact) mass is 268 g/mol. The fourth-order valence-electron chi connectivity index (χ4n) is 2.00. The van der Waals surface area contributed by atoms with Crippen molar-refractivity contribution in [2.75, 3.05) is 26.3 Å². The highest BCUT2D eigenvalue weighted by molar-refractivity contribution is 5.81. The Bertz CT molecular complexity index is 413. The molecule has 6 nitrogen and oxygen atoms in total. The molecule has 0 aromatic carbocycles. The van der Waals surface area contributed by atoms with Crippen molar-refractivity contribution in [3.8, 4) is 0 Å². The summed E-state index contributed by atoms with van der Waals surface area (Å²) in [5, 5.41) is 12.0. The Hall–Kier alpha value is -1.37. The van der Waals surface area contributed by atoms with Crippen molar-refractivity contribution < 1.29 is 19.1 Å². The van der Waals surface area contributed by atoms with E-state index in [9.17, 15) is 4.79 Å². The Labute approximate surface area is 112 Å². The fraction of sp³-hybridized carbons (Fsp3) is 0.615. The maximum absolute atomic E-state index is 12.1. The number of rotatable bonds is 5. The number of nitrogens with zero attached hydrogens (tertiary/aromatic N) is 1. The van der Waals surface area contributed by atoms with Crippen molar-refractivity contribution >= 4 is 5.91 Å². The zero-order chi connectivity index (χ0) is 13.7. The summed E-state index contributed by atoms with van der Waals surface area (Å²) < 4.78 is 10.6. The lowest BCUT2D eigenvalue weighted by atomic mass is 10.2. The third-order valence-corrected chi connectivity index (χ3v) is 3.15. The summed E-state index contributed by atoms with van der Waals surface area (Å²) in [6.45, 7) is 4.72. The Morgan fingerprint density at radius 3 is 2.74 bits per heavy atom. The van der Waals surface area contributed by atoms with Crippen molar-refractivity contribution in [2.24, 2.45) is 0 Å². The quantitative estimate of drug-likeness (QED) is 0.792. The lowest BCUT2D eigenvalue weighted by molar-refractivity contribution is -0.137. The van der Waals surface area contributed by atoms with Gasteiger partial charge < -0.3 is 19.2 Å². The minimum absolute atomic E-state index is 0.0808. The van der Waals surface area contributed by atoms with Gasteiger partial charge in [-0.2, -0.15) is 0 Å². The molecule has 0 spiro atoms. The van der Waals surface area contributed by atoms with Gasteiger partial charge in [0.1, 0.15) is 18.1 Å². The molecule has 2 rings (SSSR count). The van der Waals surface area contributed by atoms with Gasteiger partial charge in [0.15, 0.2) is 0 Å². The number of aliphatic hydroxyl groups is 1. The predicted molar refractivity (Wildman–Crippen MR) is 68.3 cm³/mol.